The van der Waals surface area contributed by atoms with E-state index in [2.05, 4.69) is 27.5 Å². The number of aryl methyl sites for hydroxylation is 1. The number of fused-ring (bicyclic) bond motifs is 2. The maximum Gasteiger partial charge on any atom is 0.121 e. The lowest BCUT2D eigenvalue weighted by atomic mass is 9.90. The first-order chi connectivity index (χ1) is 14.8. The van der Waals surface area contributed by atoms with Crippen LogP contribution in [0.4, 0.5) is 5.69 Å². The second kappa shape index (κ2) is 8.26. The van der Waals surface area contributed by atoms with Crippen LogP contribution in [0.15, 0.2) is 66.9 Å². The number of pyridine rings is 1. The van der Waals surface area contributed by atoms with E-state index >= 15 is 0 Å². The Balaban J connectivity index is 1.48. The predicted octanol–water partition coefficient (Wildman–Crippen LogP) is 4.84. The van der Waals surface area contributed by atoms with Gasteiger partial charge in [-0.3, -0.25) is 20.6 Å². The Kier molecular flexibility index (Phi) is 5.17. The highest BCUT2D eigenvalue weighted by molar-refractivity contribution is 5.74. The van der Waals surface area contributed by atoms with Crippen LogP contribution in [0.25, 0.3) is 11.0 Å². The number of anilines is 1. The minimum atomic E-state index is 0.249. The zero-order chi connectivity index (χ0) is 20.3. The van der Waals surface area contributed by atoms with Crippen molar-refractivity contribution in [3.05, 3.63) is 89.5 Å². The summed E-state index contributed by atoms with van der Waals surface area (Å²) in [5.41, 5.74) is 8.67. The van der Waals surface area contributed by atoms with E-state index in [1.165, 1.54) is 16.8 Å². The molecule has 0 saturated heterocycles. The largest absolute Gasteiger partial charge is 0.341 e. The fraction of sp³-hybridized carbons (Fsp3) is 0.250. The second-order valence-electron chi connectivity index (χ2n) is 7.87. The molecular weight excluding hydrogens is 374 g/mol. The lowest BCUT2D eigenvalue weighted by Gasteiger charge is -2.34. The van der Waals surface area contributed by atoms with Crippen molar-refractivity contribution in [2.75, 3.05) is 5.48 Å². The molecule has 0 aliphatic heterocycles. The van der Waals surface area contributed by atoms with Gasteiger partial charge in [0.2, 0.25) is 0 Å². The van der Waals surface area contributed by atoms with Gasteiger partial charge in [-0.25, -0.2) is 4.98 Å². The Morgan fingerprint density at radius 2 is 1.90 bits per heavy atom. The quantitative estimate of drug-likeness (QED) is 0.405. The zero-order valence-corrected chi connectivity index (χ0v) is 16.8. The standard InChI is InChI=1S/C24H25N5O/c30-28-19-12-10-17(11-13-19)15-29(16-23-26-20-7-1-2-8-21(20)27-23)22-9-3-5-18-6-4-14-25-24(18)22/h1-2,4,6-8,10-14,22,28,30H,3,5,9,15-16H2,(H,26,27). The monoisotopic (exact) mass is 399 g/mol. The van der Waals surface area contributed by atoms with Gasteiger partial charge in [-0.15, -0.1) is 0 Å². The predicted molar refractivity (Wildman–Crippen MR) is 117 cm³/mol. The van der Waals surface area contributed by atoms with Crippen LogP contribution in [0.1, 0.15) is 41.5 Å². The molecule has 0 radical (unpaired) electrons. The molecule has 0 amide bonds. The molecule has 0 spiro atoms. The van der Waals surface area contributed by atoms with E-state index in [9.17, 15) is 0 Å². The summed E-state index contributed by atoms with van der Waals surface area (Å²) in [6.45, 7) is 1.50. The van der Waals surface area contributed by atoms with E-state index in [-0.39, 0.29) is 6.04 Å². The van der Waals surface area contributed by atoms with Crippen molar-refractivity contribution in [3.63, 3.8) is 0 Å². The van der Waals surface area contributed by atoms with Crippen molar-refractivity contribution < 1.29 is 5.21 Å². The number of H-pyrrole nitrogens is 1. The Morgan fingerprint density at radius 3 is 2.73 bits per heavy atom. The summed E-state index contributed by atoms with van der Waals surface area (Å²) in [7, 11) is 0. The molecule has 1 unspecified atom stereocenters. The van der Waals surface area contributed by atoms with Gasteiger partial charge in [0.15, 0.2) is 0 Å². The van der Waals surface area contributed by atoms with Crippen LogP contribution in [0.2, 0.25) is 0 Å². The summed E-state index contributed by atoms with van der Waals surface area (Å²) < 4.78 is 0. The van der Waals surface area contributed by atoms with E-state index in [0.29, 0.717) is 5.69 Å². The number of nitrogens with zero attached hydrogens (tertiary/aromatic N) is 3. The van der Waals surface area contributed by atoms with Crippen LogP contribution in [0, 0.1) is 0 Å². The van der Waals surface area contributed by atoms with Crippen LogP contribution in [0.3, 0.4) is 0 Å². The van der Waals surface area contributed by atoms with Gasteiger partial charge in [0.25, 0.3) is 0 Å². The lowest BCUT2D eigenvalue weighted by molar-refractivity contribution is 0.153. The summed E-state index contributed by atoms with van der Waals surface area (Å²) >= 11 is 0. The maximum atomic E-state index is 9.11. The number of benzene rings is 2. The topological polar surface area (TPSA) is 77.1 Å². The molecule has 2 aromatic heterocycles. The van der Waals surface area contributed by atoms with Crippen molar-refractivity contribution in [2.45, 2.75) is 38.4 Å². The number of hydrogen-bond acceptors (Lipinski definition) is 5. The summed E-state index contributed by atoms with van der Waals surface area (Å²) in [6, 6.07) is 20.5. The minimum Gasteiger partial charge on any atom is -0.341 e. The third-order valence-corrected chi connectivity index (χ3v) is 5.87. The van der Waals surface area contributed by atoms with Crippen LogP contribution in [-0.4, -0.2) is 25.1 Å². The van der Waals surface area contributed by atoms with Gasteiger partial charge in [-0.2, -0.15) is 0 Å². The Morgan fingerprint density at radius 1 is 1.03 bits per heavy atom. The summed E-state index contributed by atoms with van der Waals surface area (Å²) in [6.07, 6.45) is 5.24. The molecule has 1 aliphatic rings. The molecule has 6 nitrogen and oxygen atoms in total. The normalized spacial score (nSPS) is 16.0. The molecule has 30 heavy (non-hydrogen) atoms. The first-order valence-electron chi connectivity index (χ1n) is 10.4. The molecule has 152 valence electrons. The Hall–Kier alpha value is -3.22. The number of para-hydroxylation sites is 2. The van der Waals surface area contributed by atoms with Gasteiger partial charge in [-0.1, -0.05) is 30.3 Å². The van der Waals surface area contributed by atoms with Crippen molar-refractivity contribution in [3.8, 4) is 0 Å². The highest BCUT2D eigenvalue weighted by Gasteiger charge is 2.28. The van der Waals surface area contributed by atoms with Gasteiger partial charge in [0, 0.05) is 12.7 Å². The van der Waals surface area contributed by atoms with Gasteiger partial charge in [-0.05, 0) is 60.7 Å². The highest BCUT2D eigenvalue weighted by Crippen LogP contribution is 2.34. The summed E-state index contributed by atoms with van der Waals surface area (Å²) in [5, 5.41) is 9.11. The fourth-order valence-electron chi connectivity index (χ4n) is 4.41. The molecule has 1 aliphatic carbocycles. The molecule has 5 rings (SSSR count). The second-order valence-corrected chi connectivity index (χ2v) is 7.87. The third kappa shape index (κ3) is 3.79. The summed E-state index contributed by atoms with van der Waals surface area (Å²) in [5.74, 6) is 0.966. The number of aromatic amines is 1. The third-order valence-electron chi connectivity index (χ3n) is 5.87. The van der Waals surface area contributed by atoms with Crippen LogP contribution >= 0.6 is 0 Å². The van der Waals surface area contributed by atoms with Gasteiger partial charge in [0.05, 0.1) is 35.0 Å². The Bertz CT molecular complexity index is 1100. The molecule has 6 heteroatoms. The molecule has 0 bridgehead atoms. The van der Waals surface area contributed by atoms with Crippen LogP contribution in [-0.2, 0) is 19.5 Å². The van der Waals surface area contributed by atoms with Gasteiger partial charge >= 0.3 is 0 Å². The smallest absolute Gasteiger partial charge is 0.121 e. The average molecular weight is 399 g/mol. The minimum absolute atomic E-state index is 0.249. The van der Waals surface area contributed by atoms with E-state index in [0.717, 1.165) is 49.2 Å². The first-order valence-corrected chi connectivity index (χ1v) is 10.4. The number of rotatable bonds is 6. The molecule has 3 N–H and O–H groups in total. The molecular formula is C24H25N5O. The number of aromatic nitrogens is 3. The van der Waals surface area contributed by atoms with E-state index in [4.69, 9.17) is 15.2 Å². The van der Waals surface area contributed by atoms with E-state index in [1.807, 2.05) is 54.7 Å². The molecule has 4 aromatic rings. The fourth-order valence-corrected chi connectivity index (χ4v) is 4.41. The van der Waals surface area contributed by atoms with Gasteiger partial charge in [0.1, 0.15) is 5.82 Å². The number of nitrogens with one attached hydrogen (secondary N) is 2. The van der Waals surface area contributed by atoms with Crippen molar-refractivity contribution >= 4 is 16.7 Å². The van der Waals surface area contributed by atoms with E-state index < -0.39 is 0 Å². The van der Waals surface area contributed by atoms with Crippen molar-refractivity contribution in [1.29, 1.82) is 0 Å². The average Bonchev–Trinajstić information content (AvgIpc) is 3.21. The van der Waals surface area contributed by atoms with Crippen molar-refractivity contribution in [2.24, 2.45) is 0 Å². The maximum absolute atomic E-state index is 9.11. The first kappa shape index (κ1) is 18.8. The van der Waals surface area contributed by atoms with E-state index in [1.54, 1.807) is 0 Å². The Labute approximate surface area is 175 Å². The van der Waals surface area contributed by atoms with Gasteiger partial charge < -0.3 is 4.98 Å². The highest BCUT2D eigenvalue weighted by atomic mass is 16.5. The summed E-state index contributed by atoms with van der Waals surface area (Å²) in [4.78, 5) is 15.5. The van der Waals surface area contributed by atoms with Crippen molar-refractivity contribution in [1.82, 2.24) is 19.9 Å². The molecule has 0 saturated carbocycles. The SMILES string of the molecule is ONc1ccc(CN(Cc2nc3ccccc3[nH]2)C2CCCc3cccnc32)cc1. The molecule has 2 aromatic carbocycles. The van der Waals surface area contributed by atoms with Crippen LogP contribution in [0.5, 0.6) is 0 Å². The van der Waals surface area contributed by atoms with Crippen LogP contribution < -0.4 is 5.48 Å². The molecule has 0 fully saturated rings. The molecule has 2 heterocycles. The molecule has 1 atom stereocenters. The number of hydrogen-bond donors (Lipinski definition) is 3. The number of imidazole rings is 1. The lowest BCUT2D eigenvalue weighted by Crippen LogP contribution is -2.31. The zero-order valence-electron chi connectivity index (χ0n) is 16.8.